The number of aliphatic carboxylic acids is 1. The fraction of sp³-hybridized carbons (Fsp3) is 0.333. The van der Waals surface area contributed by atoms with Crippen LogP contribution in [-0.2, 0) is 9.59 Å². The predicted molar refractivity (Wildman–Crippen MR) is 47.2 cm³/mol. The summed E-state index contributed by atoms with van der Waals surface area (Å²) in [5.74, 6) is -1.89. The highest BCUT2D eigenvalue weighted by Crippen LogP contribution is 2.05. The van der Waals surface area contributed by atoms with Crippen LogP contribution in [0.15, 0.2) is 23.8 Å². The Morgan fingerprint density at radius 3 is 2.31 bits per heavy atom. The second-order valence-corrected chi connectivity index (χ2v) is 2.54. The van der Waals surface area contributed by atoms with Crippen LogP contribution in [-0.4, -0.2) is 28.6 Å². The van der Waals surface area contributed by atoms with E-state index in [1.807, 2.05) is 0 Å². The van der Waals surface area contributed by atoms with Crippen molar-refractivity contribution < 1.29 is 19.8 Å². The van der Waals surface area contributed by atoms with Gasteiger partial charge in [0.05, 0.1) is 0 Å². The number of Topliss-reactive ketones (excluding diaryl/α,β-unsaturated/α-hetero) is 1. The summed E-state index contributed by atoms with van der Waals surface area (Å²) >= 11 is 0. The predicted octanol–water partition coefficient (Wildman–Crippen LogP) is 0.525. The van der Waals surface area contributed by atoms with Crippen molar-refractivity contribution in [1.82, 2.24) is 0 Å². The standard InChI is InChI=1S/C9H12O4/c1-6(2)8(11)7(9(12)13)4-3-5-10/h4,10H,1,3,5H2,2H3,(H,12,13). The summed E-state index contributed by atoms with van der Waals surface area (Å²) in [5.41, 5.74) is -0.159. The zero-order chi connectivity index (χ0) is 10.4. The van der Waals surface area contributed by atoms with Gasteiger partial charge in [0.25, 0.3) is 0 Å². The number of hydrogen-bond acceptors (Lipinski definition) is 3. The van der Waals surface area contributed by atoms with E-state index in [1.165, 1.54) is 13.0 Å². The van der Waals surface area contributed by atoms with E-state index in [0.29, 0.717) is 0 Å². The molecule has 0 radical (unpaired) electrons. The third kappa shape index (κ3) is 3.66. The summed E-state index contributed by atoms with van der Waals surface area (Å²) in [4.78, 5) is 21.7. The van der Waals surface area contributed by atoms with Crippen LogP contribution >= 0.6 is 0 Å². The van der Waals surface area contributed by atoms with Gasteiger partial charge in [-0.1, -0.05) is 12.7 Å². The lowest BCUT2D eigenvalue weighted by molar-refractivity contribution is -0.134. The molecule has 13 heavy (non-hydrogen) atoms. The minimum Gasteiger partial charge on any atom is -0.478 e. The van der Waals surface area contributed by atoms with Crippen molar-refractivity contribution in [2.75, 3.05) is 6.61 Å². The molecule has 4 heteroatoms. The molecular weight excluding hydrogens is 172 g/mol. The topological polar surface area (TPSA) is 74.6 Å². The third-order valence-electron chi connectivity index (χ3n) is 1.34. The second-order valence-electron chi connectivity index (χ2n) is 2.54. The smallest absolute Gasteiger partial charge is 0.339 e. The van der Waals surface area contributed by atoms with Gasteiger partial charge in [0.1, 0.15) is 5.57 Å². The number of aliphatic hydroxyl groups excluding tert-OH is 1. The number of allylic oxidation sites excluding steroid dienone is 1. The normalized spacial score (nSPS) is 11.1. The van der Waals surface area contributed by atoms with E-state index in [0.717, 1.165) is 0 Å². The number of carboxylic acids is 1. The Hall–Kier alpha value is -1.42. The zero-order valence-electron chi connectivity index (χ0n) is 7.41. The van der Waals surface area contributed by atoms with Gasteiger partial charge < -0.3 is 10.2 Å². The summed E-state index contributed by atoms with van der Waals surface area (Å²) in [5, 5.41) is 17.1. The minimum absolute atomic E-state index is 0.153. The Balaban J connectivity index is 4.71. The molecule has 0 atom stereocenters. The maximum absolute atomic E-state index is 11.2. The number of rotatable bonds is 5. The van der Waals surface area contributed by atoms with Crippen molar-refractivity contribution >= 4 is 11.8 Å². The molecule has 0 spiro atoms. The highest BCUT2D eigenvalue weighted by atomic mass is 16.4. The van der Waals surface area contributed by atoms with Gasteiger partial charge in [-0.3, -0.25) is 4.79 Å². The van der Waals surface area contributed by atoms with E-state index in [2.05, 4.69) is 6.58 Å². The number of hydrogen-bond donors (Lipinski definition) is 2. The lowest BCUT2D eigenvalue weighted by Crippen LogP contribution is -2.12. The lowest BCUT2D eigenvalue weighted by Gasteiger charge is -1.99. The third-order valence-corrected chi connectivity index (χ3v) is 1.34. The van der Waals surface area contributed by atoms with Crippen molar-refractivity contribution in [3.8, 4) is 0 Å². The van der Waals surface area contributed by atoms with Gasteiger partial charge in [-0.2, -0.15) is 0 Å². The molecule has 0 aliphatic carbocycles. The molecule has 0 aromatic heterocycles. The highest BCUT2D eigenvalue weighted by molar-refractivity contribution is 6.22. The zero-order valence-corrected chi connectivity index (χ0v) is 7.41. The Bertz CT molecular complexity index is 263. The maximum Gasteiger partial charge on any atom is 0.339 e. The van der Waals surface area contributed by atoms with Crippen LogP contribution in [0.4, 0.5) is 0 Å². The van der Waals surface area contributed by atoms with Crippen LogP contribution in [0.3, 0.4) is 0 Å². The average molecular weight is 184 g/mol. The van der Waals surface area contributed by atoms with Crippen molar-refractivity contribution in [2.24, 2.45) is 0 Å². The van der Waals surface area contributed by atoms with Gasteiger partial charge in [0.15, 0.2) is 5.78 Å². The molecule has 0 heterocycles. The first-order valence-electron chi connectivity index (χ1n) is 3.75. The maximum atomic E-state index is 11.2. The van der Waals surface area contributed by atoms with Gasteiger partial charge in [-0.05, 0) is 18.9 Å². The number of carbonyl (C=O) groups is 2. The van der Waals surface area contributed by atoms with Gasteiger partial charge in [0.2, 0.25) is 0 Å². The number of carboxylic acid groups (broad SMARTS) is 1. The molecule has 0 saturated heterocycles. The largest absolute Gasteiger partial charge is 0.478 e. The van der Waals surface area contributed by atoms with Crippen LogP contribution < -0.4 is 0 Å². The second kappa shape index (κ2) is 5.27. The van der Waals surface area contributed by atoms with Crippen LogP contribution in [0.25, 0.3) is 0 Å². The van der Waals surface area contributed by atoms with Gasteiger partial charge in [-0.15, -0.1) is 0 Å². The van der Waals surface area contributed by atoms with Crippen LogP contribution in [0, 0.1) is 0 Å². The Labute approximate surface area is 76.2 Å². The molecule has 0 aromatic rings. The van der Waals surface area contributed by atoms with E-state index in [1.54, 1.807) is 0 Å². The van der Waals surface area contributed by atoms with E-state index in [4.69, 9.17) is 10.2 Å². The summed E-state index contributed by atoms with van der Waals surface area (Å²) < 4.78 is 0. The number of carbonyl (C=O) groups excluding carboxylic acids is 1. The molecule has 0 rings (SSSR count). The van der Waals surface area contributed by atoms with Crippen LogP contribution in [0.1, 0.15) is 13.3 Å². The first-order valence-corrected chi connectivity index (χ1v) is 3.75. The van der Waals surface area contributed by atoms with Gasteiger partial charge >= 0.3 is 5.97 Å². The van der Waals surface area contributed by atoms with E-state index in [9.17, 15) is 9.59 Å². The SMILES string of the molecule is C=C(C)C(=O)C(=CCCO)C(=O)O. The van der Waals surface area contributed by atoms with E-state index >= 15 is 0 Å². The lowest BCUT2D eigenvalue weighted by atomic mass is 10.1. The number of ketones is 1. The molecule has 0 unspecified atom stereocenters. The Morgan fingerprint density at radius 2 is 2.00 bits per heavy atom. The van der Waals surface area contributed by atoms with Gasteiger partial charge in [-0.25, -0.2) is 4.79 Å². The molecule has 0 fully saturated rings. The van der Waals surface area contributed by atoms with Crippen molar-refractivity contribution in [1.29, 1.82) is 0 Å². The summed E-state index contributed by atoms with van der Waals surface area (Å²) in [6.45, 7) is 4.61. The molecule has 4 nitrogen and oxygen atoms in total. The molecule has 72 valence electrons. The monoisotopic (exact) mass is 184 g/mol. The fourth-order valence-electron chi connectivity index (χ4n) is 0.716. The van der Waals surface area contributed by atoms with Crippen LogP contribution in [0.5, 0.6) is 0 Å². The molecular formula is C9H12O4. The summed E-state index contributed by atoms with van der Waals surface area (Å²) in [6, 6.07) is 0. The first-order chi connectivity index (χ1) is 6.00. The number of aliphatic hydroxyl groups is 1. The summed E-state index contributed by atoms with van der Waals surface area (Å²) in [7, 11) is 0. The molecule has 0 amide bonds. The minimum atomic E-state index is -1.29. The van der Waals surface area contributed by atoms with E-state index < -0.39 is 11.8 Å². The van der Waals surface area contributed by atoms with Crippen molar-refractivity contribution in [3.63, 3.8) is 0 Å². The summed E-state index contributed by atoms with van der Waals surface area (Å²) in [6.07, 6.45) is 1.35. The first kappa shape index (κ1) is 11.6. The molecule has 0 bridgehead atoms. The van der Waals surface area contributed by atoms with Crippen molar-refractivity contribution in [2.45, 2.75) is 13.3 Å². The van der Waals surface area contributed by atoms with E-state index in [-0.39, 0.29) is 24.2 Å². The highest BCUT2D eigenvalue weighted by Gasteiger charge is 2.16. The molecule has 0 aliphatic rings. The Kier molecular flexibility index (Phi) is 4.69. The molecule has 2 N–H and O–H groups in total. The fourth-order valence-corrected chi connectivity index (χ4v) is 0.716. The Morgan fingerprint density at radius 1 is 1.46 bits per heavy atom. The molecule has 0 aromatic carbocycles. The molecule has 0 aliphatic heterocycles. The van der Waals surface area contributed by atoms with Crippen molar-refractivity contribution in [3.05, 3.63) is 23.8 Å². The molecule has 0 saturated carbocycles. The van der Waals surface area contributed by atoms with Crippen LogP contribution in [0.2, 0.25) is 0 Å². The van der Waals surface area contributed by atoms with Gasteiger partial charge in [0, 0.05) is 6.61 Å². The quantitative estimate of drug-likeness (QED) is 0.371. The average Bonchev–Trinajstić information content (AvgIpc) is 2.04.